The van der Waals surface area contributed by atoms with Crippen molar-refractivity contribution in [2.24, 2.45) is 0 Å². The molecule has 3 nitrogen and oxygen atoms in total. The Balaban J connectivity index is 1.61. The highest BCUT2D eigenvalue weighted by Crippen LogP contribution is 2.34. The minimum atomic E-state index is 0.427. The van der Waals surface area contributed by atoms with Gasteiger partial charge in [0.2, 0.25) is 0 Å². The van der Waals surface area contributed by atoms with Gasteiger partial charge >= 0.3 is 0 Å². The van der Waals surface area contributed by atoms with Crippen molar-refractivity contribution in [1.29, 1.82) is 0 Å². The third kappa shape index (κ3) is 1.99. The Labute approximate surface area is 105 Å². The Morgan fingerprint density at radius 2 is 2.17 bits per heavy atom. The summed E-state index contributed by atoms with van der Waals surface area (Å²) in [6.07, 6.45) is 3.40. The van der Waals surface area contributed by atoms with E-state index in [-0.39, 0.29) is 0 Å². The fourth-order valence-corrected chi connectivity index (χ4v) is 2.26. The van der Waals surface area contributed by atoms with Crippen LogP contribution >= 0.6 is 0 Å². The molecule has 0 saturated heterocycles. The summed E-state index contributed by atoms with van der Waals surface area (Å²) >= 11 is 0. The molecule has 0 amide bonds. The first-order valence-corrected chi connectivity index (χ1v) is 5.98. The summed E-state index contributed by atoms with van der Waals surface area (Å²) in [5.41, 5.74) is 3.23. The third-order valence-corrected chi connectivity index (χ3v) is 3.29. The predicted octanol–water partition coefficient (Wildman–Crippen LogP) is 2.61. The molecule has 90 valence electrons. The van der Waals surface area contributed by atoms with E-state index in [2.05, 4.69) is 29.2 Å². The maximum atomic E-state index is 10.5. The largest absolute Gasteiger partial charge is 0.491 e. The number of pyridine rings is 1. The van der Waals surface area contributed by atoms with Crippen molar-refractivity contribution in [1.82, 2.24) is 4.98 Å². The SMILES string of the molecule is O=Cc1ccc(OCC2Cc3ccccc32)cn1. The number of carbonyl (C=O) groups is 1. The molecule has 1 atom stereocenters. The van der Waals surface area contributed by atoms with Crippen LogP contribution in [0.5, 0.6) is 5.75 Å². The van der Waals surface area contributed by atoms with Gasteiger partial charge < -0.3 is 4.74 Å². The molecule has 1 heterocycles. The van der Waals surface area contributed by atoms with Crippen LogP contribution in [0.1, 0.15) is 27.5 Å². The fraction of sp³-hybridized carbons (Fsp3) is 0.200. The van der Waals surface area contributed by atoms with Crippen LogP contribution in [0.4, 0.5) is 0 Å². The Morgan fingerprint density at radius 3 is 2.89 bits per heavy atom. The Hall–Kier alpha value is -2.16. The predicted molar refractivity (Wildman–Crippen MR) is 68.0 cm³/mol. The van der Waals surface area contributed by atoms with E-state index >= 15 is 0 Å². The number of ether oxygens (including phenoxy) is 1. The molecule has 0 saturated carbocycles. The van der Waals surface area contributed by atoms with E-state index < -0.39 is 0 Å². The van der Waals surface area contributed by atoms with Gasteiger partial charge in [-0.15, -0.1) is 0 Å². The van der Waals surface area contributed by atoms with Gasteiger partial charge in [-0.2, -0.15) is 0 Å². The number of hydrogen-bond acceptors (Lipinski definition) is 3. The van der Waals surface area contributed by atoms with E-state index in [0.717, 1.165) is 12.7 Å². The number of hydrogen-bond donors (Lipinski definition) is 0. The highest BCUT2D eigenvalue weighted by Gasteiger charge is 2.25. The van der Waals surface area contributed by atoms with Crippen molar-refractivity contribution in [3.63, 3.8) is 0 Å². The summed E-state index contributed by atoms with van der Waals surface area (Å²) in [5.74, 6) is 1.19. The molecule has 1 unspecified atom stereocenters. The molecule has 0 N–H and O–H groups in total. The molecule has 0 bridgehead atoms. The van der Waals surface area contributed by atoms with Crippen molar-refractivity contribution in [2.75, 3.05) is 6.61 Å². The zero-order chi connectivity index (χ0) is 12.4. The van der Waals surface area contributed by atoms with Gasteiger partial charge in [-0.25, -0.2) is 4.98 Å². The average molecular weight is 239 g/mol. The number of fused-ring (bicyclic) bond motifs is 1. The average Bonchev–Trinajstić information content (AvgIpc) is 2.40. The lowest BCUT2D eigenvalue weighted by atomic mass is 9.78. The summed E-state index contributed by atoms with van der Waals surface area (Å²) < 4.78 is 5.69. The minimum Gasteiger partial charge on any atom is -0.491 e. The summed E-state index contributed by atoms with van der Waals surface area (Å²) in [4.78, 5) is 14.4. The Kier molecular flexibility index (Phi) is 2.81. The van der Waals surface area contributed by atoms with Crippen LogP contribution in [0.15, 0.2) is 42.6 Å². The maximum absolute atomic E-state index is 10.5. The third-order valence-electron chi connectivity index (χ3n) is 3.29. The van der Waals surface area contributed by atoms with E-state index in [9.17, 15) is 4.79 Å². The molecule has 1 aliphatic carbocycles. The van der Waals surface area contributed by atoms with Crippen LogP contribution < -0.4 is 4.74 Å². The molecule has 0 spiro atoms. The van der Waals surface area contributed by atoms with Crippen LogP contribution in [-0.2, 0) is 6.42 Å². The van der Waals surface area contributed by atoms with Gasteiger partial charge in [0, 0.05) is 5.92 Å². The second-order valence-electron chi connectivity index (χ2n) is 4.45. The fourth-order valence-electron chi connectivity index (χ4n) is 2.26. The lowest BCUT2D eigenvalue weighted by molar-refractivity contribution is 0.111. The van der Waals surface area contributed by atoms with Crippen molar-refractivity contribution < 1.29 is 9.53 Å². The van der Waals surface area contributed by atoms with Crippen molar-refractivity contribution >= 4 is 6.29 Å². The lowest BCUT2D eigenvalue weighted by Gasteiger charge is -2.29. The number of aromatic nitrogens is 1. The number of nitrogens with zero attached hydrogens (tertiary/aromatic N) is 1. The molecule has 1 aromatic carbocycles. The number of aldehydes is 1. The van der Waals surface area contributed by atoms with Crippen molar-refractivity contribution in [3.05, 3.63) is 59.4 Å². The zero-order valence-electron chi connectivity index (χ0n) is 9.87. The molecule has 3 heteroatoms. The van der Waals surface area contributed by atoms with Crippen LogP contribution in [0.25, 0.3) is 0 Å². The first-order chi connectivity index (χ1) is 8.86. The quantitative estimate of drug-likeness (QED) is 0.770. The van der Waals surface area contributed by atoms with Gasteiger partial charge in [0.25, 0.3) is 0 Å². The molecule has 18 heavy (non-hydrogen) atoms. The zero-order valence-corrected chi connectivity index (χ0v) is 9.87. The van der Waals surface area contributed by atoms with Gasteiger partial charge in [-0.05, 0) is 29.7 Å². The Morgan fingerprint density at radius 1 is 1.28 bits per heavy atom. The van der Waals surface area contributed by atoms with Gasteiger partial charge in [0.15, 0.2) is 6.29 Å². The Bertz CT molecular complexity index is 563. The summed E-state index contributed by atoms with van der Waals surface area (Å²) in [6, 6.07) is 11.9. The highest BCUT2D eigenvalue weighted by atomic mass is 16.5. The van der Waals surface area contributed by atoms with E-state index in [4.69, 9.17) is 4.74 Å². The van der Waals surface area contributed by atoms with E-state index in [0.29, 0.717) is 24.0 Å². The normalized spacial score (nSPS) is 16.6. The summed E-state index contributed by atoms with van der Waals surface area (Å²) in [5, 5.41) is 0. The second kappa shape index (κ2) is 4.61. The van der Waals surface area contributed by atoms with E-state index in [1.165, 1.54) is 11.1 Å². The molecular formula is C15H13NO2. The monoisotopic (exact) mass is 239 g/mol. The van der Waals surface area contributed by atoms with Crippen LogP contribution in [0, 0.1) is 0 Å². The topological polar surface area (TPSA) is 39.2 Å². The molecular weight excluding hydrogens is 226 g/mol. The lowest BCUT2D eigenvalue weighted by Crippen LogP contribution is -2.23. The summed E-state index contributed by atoms with van der Waals surface area (Å²) in [6.45, 7) is 0.666. The van der Waals surface area contributed by atoms with Gasteiger partial charge in [-0.3, -0.25) is 4.79 Å². The van der Waals surface area contributed by atoms with Gasteiger partial charge in [0.1, 0.15) is 11.4 Å². The number of benzene rings is 1. The van der Waals surface area contributed by atoms with Crippen molar-refractivity contribution in [2.45, 2.75) is 12.3 Å². The molecule has 1 aliphatic rings. The number of rotatable bonds is 4. The van der Waals surface area contributed by atoms with Crippen LogP contribution in [-0.4, -0.2) is 17.9 Å². The van der Waals surface area contributed by atoms with Gasteiger partial charge in [-0.1, -0.05) is 24.3 Å². The molecule has 1 aromatic heterocycles. The van der Waals surface area contributed by atoms with Gasteiger partial charge in [0.05, 0.1) is 12.8 Å². The first kappa shape index (κ1) is 11.0. The molecule has 0 radical (unpaired) electrons. The highest BCUT2D eigenvalue weighted by molar-refractivity contribution is 5.71. The molecule has 0 fully saturated rings. The van der Waals surface area contributed by atoms with Crippen LogP contribution in [0.2, 0.25) is 0 Å². The minimum absolute atomic E-state index is 0.427. The molecule has 2 aromatic rings. The van der Waals surface area contributed by atoms with E-state index in [1.54, 1.807) is 18.3 Å². The summed E-state index contributed by atoms with van der Waals surface area (Å²) in [7, 11) is 0. The van der Waals surface area contributed by atoms with Crippen LogP contribution in [0.3, 0.4) is 0 Å². The second-order valence-corrected chi connectivity index (χ2v) is 4.45. The first-order valence-electron chi connectivity index (χ1n) is 5.98. The maximum Gasteiger partial charge on any atom is 0.168 e. The standard InChI is InChI=1S/C15H13NO2/c17-9-13-5-6-14(8-16-13)18-10-12-7-11-3-1-2-4-15(11)12/h1-6,8-9,12H,7,10H2. The van der Waals surface area contributed by atoms with Crippen molar-refractivity contribution in [3.8, 4) is 5.75 Å². The number of carbonyl (C=O) groups excluding carboxylic acids is 1. The molecule has 3 rings (SSSR count). The smallest absolute Gasteiger partial charge is 0.168 e. The van der Waals surface area contributed by atoms with E-state index in [1.807, 2.05) is 0 Å². The molecule has 0 aliphatic heterocycles.